The maximum atomic E-state index is 8.72. The van der Waals surface area contributed by atoms with Crippen molar-refractivity contribution in [3.05, 3.63) is 5.82 Å². The molecular weight excluding hydrogens is 172 g/mol. The van der Waals surface area contributed by atoms with Gasteiger partial charge in [-0.05, 0) is 19.1 Å². The first-order chi connectivity index (χ1) is 5.86. The third-order valence-electron chi connectivity index (χ3n) is 1.86. The van der Waals surface area contributed by atoms with Crippen LogP contribution in [0.2, 0.25) is 0 Å². The first-order valence-corrected chi connectivity index (χ1v) is 4.98. The zero-order chi connectivity index (χ0) is 8.55. The number of nitriles is 1. The number of rotatable bonds is 2. The third kappa shape index (κ3) is 1.08. The van der Waals surface area contributed by atoms with E-state index in [1.54, 1.807) is 0 Å². The quantitative estimate of drug-likeness (QED) is 0.642. The van der Waals surface area contributed by atoms with Crippen LogP contribution in [0.5, 0.6) is 0 Å². The number of aromatic nitrogens is 3. The minimum Gasteiger partial charge on any atom is -0.291 e. The summed E-state index contributed by atoms with van der Waals surface area (Å²) in [6.45, 7) is 0. The standard InChI is InChI=1S/C7H8N4S/c1-12-7-10-9-6(4-8)11(7)5-2-3-5/h5H,2-3H2,1H3. The molecule has 0 aromatic carbocycles. The summed E-state index contributed by atoms with van der Waals surface area (Å²) in [7, 11) is 0. The van der Waals surface area contributed by atoms with E-state index in [0.29, 0.717) is 11.9 Å². The Balaban J connectivity index is 2.44. The van der Waals surface area contributed by atoms with Crippen LogP contribution in [0.15, 0.2) is 5.16 Å². The van der Waals surface area contributed by atoms with Gasteiger partial charge in [0.15, 0.2) is 5.16 Å². The van der Waals surface area contributed by atoms with E-state index in [9.17, 15) is 0 Å². The summed E-state index contributed by atoms with van der Waals surface area (Å²) in [5, 5.41) is 17.3. The van der Waals surface area contributed by atoms with Gasteiger partial charge in [0.25, 0.3) is 0 Å². The van der Waals surface area contributed by atoms with Gasteiger partial charge in [0, 0.05) is 6.04 Å². The maximum absolute atomic E-state index is 8.72. The van der Waals surface area contributed by atoms with Gasteiger partial charge in [0.1, 0.15) is 6.07 Å². The molecule has 0 unspecified atom stereocenters. The Morgan fingerprint density at radius 1 is 1.58 bits per heavy atom. The summed E-state index contributed by atoms with van der Waals surface area (Å²) < 4.78 is 1.94. The normalized spacial score (nSPS) is 16.0. The van der Waals surface area contributed by atoms with Crippen molar-refractivity contribution >= 4 is 11.8 Å². The predicted octanol–water partition coefficient (Wildman–Crippen LogP) is 1.21. The van der Waals surface area contributed by atoms with Gasteiger partial charge in [-0.25, -0.2) is 0 Å². The van der Waals surface area contributed by atoms with E-state index in [0.717, 1.165) is 18.0 Å². The lowest BCUT2D eigenvalue weighted by molar-refractivity contribution is 0.656. The highest BCUT2D eigenvalue weighted by molar-refractivity contribution is 7.98. The van der Waals surface area contributed by atoms with Gasteiger partial charge >= 0.3 is 0 Å². The zero-order valence-corrected chi connectivity index (χ0v) is 7.51. The summed E-state index contributed by atoms with van der Waals surface area (Å²) in [5.74, 6) is 0.446. The van der Waals surface area contributed by atoms with Crippen LogP contribution in [-0.2, 0) is 0 Å². The Kier molecular flexibility index (Phi) is 1.77. The van der Waals surface area contributed by atoms with E-state index in [1.165, 1.54) is 11.8 Å². The largest absolute Gasteiger partial charge is 0.291 e. The van der Waals surface area contributed by atoms with Gasteiger partial charge in [-0.3, -0.25) is 4.57 Å². The van der Waals surface area contributed by atoms with E-state index >= 15 is 0 Å². The van der Waals surface area contributed by atoms with Gasteiger partial charge in [0.05, 0.1) is 0 Å². The van der Waals surface area contributed by atoms with E-state index < -0.39 is 0 Å². The molecule has 12 heavy (non-hydrogen) atoms. The molecule has 1 heterocycles. The second-order valence-electron chi connectivity index (χ2n) is 2.72. The lowest BCUT2D eigenvalue weighted by atomic mass is 10.6. The Morgan fingerprint density at radius 3 is 2.83 bits per heavy atom. The SMILES string of the molecule is CSc1nnc(C#N)n1C1CC1. The number of hydrogen-bond donors (Lipinski definition) is 0. The van der Waals surface area contributed by atoms with Crippen molar-refractivity contribution in [1.82, 2.24) is 14.8 Å². The van der Waals surface area contributed by atoms with Crippen LogP contribution < -0.4 is 0 Å². The Labute approximate surface area is 74.6 Å². The molecule has 1 aliphatic rings. The molecule has 0 bridgehead atoms. The lowest BCUT2D eigenvalue weighted by Gasteiger charge is -2.01. The minimum atomic E-state index is 0.446. The molecule has 1 aliphatic carbocycles. The highest BCUT2D eigenvalue weighted by Gasteiger charge is 2.29. The highest BCUT2D eigenvalue weighted by atomic mass is 32.2. The molecule has 5 heteroatoms. The van der Waals surface area contributed by atoms with Gasteiger partial charge in [-0.15, -0.1) is 10.2 Å². The summed E-state index contributed by atoms with van der Waals surface area (Å²) in [6, 6.07) is 2.53. The van der Waals surface area contributed by atoms with Crippen LogP contribution in [-0.4, -0.2) is 21.0 Å². The van der Waals surface area contributed by atoms with Crippen LogP contribution in [0.3, 0.4) is 0 Å². The molecule has 0 saturated heterocycles. The van der Waals surface area contributed by atoms with Crippen molar-refractivity contribution in [2.75, 3.05) is 6.26 Å². The van der Waals surface area contributed by atoms with Crippen LogP contribution in [0, 0.1) is 11.3 Å². The first-order valence-electron chi connectivity index (χ1n) is 3.76. The fourth-order valence-corrected chi connectivity index (χ4v) is 1.71. The smallest absolute Gasteiger partial charge is 0.235 e. The summed E-state index contributed by atoms with van der Waals surface area (Å²) >= 11 is 1.54. The molecule has 0 aliphatic heterocycles. The van der Waals surface area contributed by atoms with Crippen molar-refractivity contribution in [3.8, 4) is 6.07 Å². The van der Waals surface area contributed by atoms with Gasteiger partial charge in [-0.1, -0.05) is 11.8 Å². The van der Waals surface area contributed by atoms with Crippen LogP contribution in [0.1, 0.15) is 24.7 Å². The average Bonchev–Trinajstić information content (AvgIpc) is 2.85. The molecule has 0 amide bonds. The minimum absolute atomic E-state index is 0.446. The van der Waals surface area contributed by atoms with E-state index in [4.69, 9.17) is 5.26 Å². The molecule has 0 radical (unpaired) electrons. The highest BCUT2D eigenvalue weighted by Crippen LogP contribution is 2.38. The lowest BCUT2D eigenvalue weighted by Crippen LogP contribution is -1.99. The summed E-state index contributed by atoms with van der Waals surface area (Å²) in [5.41, 5.74) is 0. The maximum Gasteiger partial charge on any atom is 0.235 e. The van der Waals surface area contributed by atoms with E-state index in [-0.39, 0.29) is 0 Å². The van der Waals surface area contributed by atoms with Gasteiger partial charge < -0.3 is 0 Å². The Bertz CT molecular complexity index is 334. The third-order valence-corrected chi connectivity index (χ3v) is 2.50. The molecule has 1 aromatic rings. The van der Waals surface area contributed by atoms with Crippen molar-refractivity contribution in [2.45, 2.75) is 24.0 Å². The van der Waals surface area contributed by atoms with Crippen molar-refractivity contribution in [3.63, 3.8) is 0 Å². The fraction of sp³-hybridized carbons (Fsp3) is 0.571. The predicted molar refractivity (Wildman–Crippen MR) is 44.8 cm³/mol. The number of nitrogens with zero attached hydrogens (tertiary/aromatic N) is 4. The molecular formula is C7H8N4S. The number of hydrogen-bond acceptors (Lipinski definition) is 4. The Morgan fingerprint density at radius 2 is 2.33 bits per heavy atom. The zero-order valence-electron chi connectivity index (χ0n) is 6.69. The topological polar surface area (TPSA) is 54.5 Å². The molecule has 62 valence electrons. The van der Waals surface area contributed by atoms with Crippen molar-refractivity contribution < 1.29 is 0 Å². The number of thioether (sulfide) groups is 1. The monoisotopic (exact) mass is 180 g/mol. The van der Waals surface area contributed by atoms with Crippen LogP contribution in [0.25, 0.3) is 0 Å². The van der Waals surface area contributed by atoms with E-state index in [2.05, 4.69) is 10.2 Å². The average molecular weight is 180 g/mol. The van der Waals surface area contributed by atoms with Gasteiger partial charge in [-0.2, -0.15) is 5.26 Å². The second-order valence-corrected chi connectivity index (χ2v) is 3.50. The van der Waals surface area contributed by atoms with Crippen molar-refractivity contribution in [2.24, 2.45) is 0 Å². The second kappa shape index (κ2) is 2.79. The Hall–Kier alpha value is -1.02. The summed E-state index contributed by atoms with van der Waals surface area (Å²) in [6.07, 6.45) is 4.25. The molecule has 0 N–H and O–H groups in total. The van der Waals surface area contributed by atoms with E-state index in [1.807, 2.05) is 16.9 Å². The molecule has 1 saturated carbocycles. The molecule has 0 spiro atoms. The molecule has 4 nitrogen and oxygen atoms in total. The van der Waals surface area contributed by atoms with Gasteiger partial charge in [0.2, 0.25) is 5.82 Å². The molecule has 2 rings (SSSR count). The molecule has 1 fully saturated rings. The summed E-state index contributed by atoms with van der Waals surface area (Å²) in [4.78, 5) is 0. The molecule has 0 atom stereocenters. The van der Waals surface area contributed by atoms with Crippen LogP contribution >= 0.6 is 11.8 Å². The first kappa shape index (κ1) is 7.62. The fourth-order valence-electron chi connectivity index (χ4n) is 1.15. The van der Waals surface area contributed by atoms with Crippen molar-refractivity contribution in [1.29, 1.82) is 5.26 Å². The van der Waals surface area contributed by atoms with Crippen LogP contribution in [0.4, 0.5) is 0 Å². The molecule has 1 aromatic heterocycles.